The summed E-state index contributed by atoms with van der Waals surface area (Å²) in [5.74, 6) is 0.180. The molecule has 20 heavy (non-hydrogen) atoms. The second-order valence-corrected chi connectivity index (χ2v) is 5.69. The highest BCUT2D eigenvalue weighted by Crippen LogP contribution is 2.10. The van der Waals surface area contributed by atoms with E-state index in [9.17, 15) is 4.79 Å². The lowest BCUT2D eigenvalue weighted by molar-refractivity contribution is -0.129. The first kappa shape index (κ1) is 13.5. The summed E-state index contributed by atoms with van der Waals surface area (Å²) in [6.45, 7) is 2.78. The fourth-order valence-corrected chi connectivity index (χ4v) is 2.73. The van der Waals surface area contributed by atoms with E-state index in [0.717, 1.165) is 41.9 Å². The van der Waals surface area contributed by atoms with Crippen molar-refractivity contribution in [1.82, 2.24) is 24.6 Å². The Kier molecular flexibility index (Phi) is 3.98. The fourth-order valence-electron chi connectivity index (χ4n) is 2.42. The van der Waals surface area contributed by atoms with Crippen molar-refractivity contribution in [3.05, 3.63) is 28.9 Å². The zero-order chi connectivity index (χ0) is 13.9. The SMILES string of the molecule is O=C(CNCc1cnc2cnc(Br)cn12)N1CCCC1. The summed E-state index contributed by atoms with van der Waals surface area (Å²) in [4.78, 5) is 22.2. The maximum Gasteiger partial charge on any atom is 0.236 e. The summed E-state index contributed by atoms with van der Waals surface area (Å²) < 4.78 is 2.72. The van der Waals surface area contributed by atoms with Gasteiger partial charge in [0.05, 0.1) is 24.6 Å². The first-order valence-corrected chi connectivity index (χ1v) is 7.49. The third kappa shape index (κ3) is 2.83. The van der Waals surface area contributed by atoms with Gasteiger partial charge in [-0.05, 0) is 28.8 Å². The predicted octanol–water partition coefficient (Wildman–Crippen LogP) is 1.20. The number of nitrogens with zero attached hydrogens (tertiary/aromatic N) is 4. The highest BCUT2D eigenvalue weighted by Gasteiger charge is 2.17. The van der Waals surface area contributed by atoms with Crippen LogP contribution in [0.25, 0.3) is 5.65 Å². The largest absolute Gasteiger partial charge is 0.342 e. The van der Waals surface area contributed by atoms with Crippen LogP contribution in [0, 0.1) is 0 Å². The number of imidazole rings is 1. The molecule has 106 valence electrons. The van der Waals surface area contributed by atoms with Crippen LogP contribution in [0.5, 0.6) is 0 Å². The van der Waals surface area contributed by atoms with Gasteiger partial charge in [0.1, 0.15) is 4.60 Å². The first-order valence-electron chi connectivity index (χ1n) is 6.70. The van der Waals surface area contributed by atoms with Gasteiger partial charge in [0.25, 0.3) is 0 Å². The second-order valence-electron chi connectivity index (χ2n) is 4.88. The molecule has 1 N–H and O–H groups in total. The number of hydrogen-bond donors (Lipinski definition) is 1. The molecule has 1 saturated heterocycles. The van der Waals surface area contributed by atoms with Gasteiger partial charge < -0.3 is 10.2 Å². The van der Waals surface area contributed by atoms with Crippen LogP contribution < -0.4 is 5.32 Å². The molecule has 3 rings (SSSR count). The molecule has 0 spiro atoms. The molecule has 0 aromatic carbocycles. The lowest BCUT2D eigenvalue weighted by Gasteiger charge is -2.15. The molecular formula is C13H16BrN5O. The van der Waals surface area contributed by atoms with E-state index in [4.69, 9.17) is 0 Å². The number of fused-ring (bicyclic) bond motifs is 1. The Morgan fingerprint density at radius 2 is 2.10 bits per heavy atom. The topological polar surface area (TPSA) is 62.5 Å². The van der Waals surface area contributed by atoms with Crippen molar-refractivity contribution in [2.24, 2.45) is 0 Å². The molecule has 0 aliphatic carbocycles. The number of likely N-dealkylation sites (tertiary alicyclic amines) is 1. The third-order valence-electron chi connectivity index (χ3n) is 3.48. The Morgan fingerprint density at radius 3 is 2.90 bits per heavy atom. The Hall–Kier alpha value is -1.47. The highest BCUT2D eigenvalue weighted by molar-refractivity contribution is 9.10. The minimum Gasteiger partial charge on any atom is -0.342 e. The molecule has 0 atom stereocenters. The summed E-state index contributed by atoms with van der Waals surface area (Å²) in [5.41, 5.74) is 1.81. The average molecular weight is 338 g/mol. The number of carbonyl (C=O) groups excluding carboxylic acids is 1. The Balaban J connectivity index is 1.59. The van der Waals surface area contributed by atoms with Crippen LogP contribution >= 0.6 is 15.9 Å². The fraction of sp³-hybridized carbons (Fsp3) is 0.462. The number of nitrogens with one attached hydrogen (secondary N) is 1. The summed E-state index contributed by atoms with van der Waals surface area (Å²) in [7, 11) is 0. The highest BCUT2D eigenvalue weighted by atomic mass is 79.9. The van der Waals surface area contributed by atoms with Crippen LogP contribution in [0.2, 0.25) is 0 Å². The van der Waals surface area contributed by atoms with Gasteiger partial charge in [-0.3, -0.25) is 9.20 Å². The monoisotopic (exact) mass is 337 g/mol. The minimum absolute atomic E-state index is 0.180. The van der Waals surface area contributed by atoms with E-state index in [-0.39, 0.29) is 5.91 Å². The smallest absolute Gasteiger partial charge is 0.236 e. The van der Waals surface area contributed by atoms with Crippen LogP contribution in [0.15, 0.2) is 23.2 Å². The van der Waals surface area contributed by atoms with E-state index in [1.54, 1.807) is 12.4 Å². The zero-order valence-electron chi connectivity index (χ0n) is 11.0. The number of halogens is 1. The molecule has 2 aromatic heterocycles. The van der Waals surface area contributed by atoms with Gasteiger partial charge in [-0.1, -0.05) is 0 Å². The second kappa shape index (κ2) is 5.88. The van der Waals surface area contributed by atoms with Crippen molar-refractivity contribution in [3.8, 4) is 0 Å². The van der Waals surface area contributed by atoms with Crippen molar-refractivity contribution in [2.75, 3.05) is 19.6 Å². The molecule has 1 amide bonds. The summed E-state index contributed by atoms with van der Waals surface area (Å²) in [5, 5.41) is 3.19. The van der Waals surface area contributed by atoms with E-state index >= 15 is 0 Å². The van der Waals surface area contributed by atoms with Crippen molar-refractivity contribution in [2.45, 2.75) is 19.4 Å². The van der Waals surface area contributed by atoms with Crippen LogP contribution in [0.1, 0.15) is 18.5 Å². The van der Waals surface area contributed by atoms with Crippen LogP contribution in [-0.2, 0) is 11.3 Å². The molecule has 6 nitrogen and oxygen atoms in total. The maximum absolute atomic E-state index is 11.9. The van der Waals surface area contributed by atoms with Crippen LogP contribution in [0.3, 0.4) is 0 Å². The first-order chi connectivity index (χ1) is 9.74. The van der Waals surface area contributed by atoms with E-state index in [0.29, 0.717) is 13.1 Å². The number of amides is 1. The molecule has 0 radical (unpaired) electrons. The summed E-state index contributed by atoms with van der Waals surface area (Å²) >= 11 is 3.35. The Morgan fingerprint density at radius 1 is 1.30 bits per heavy atom. The quantitative estimate of drug-likeness (QED) is 0.910. The Bertz CT molecular complexity index is 620. The van der Waals surface area contributed by atoms with E-state index in [2.05, 4.69) is 31.2 Å². The molecular weight excluding hydrogens is 322 g/mol. The summed E-state index contributed by atoms with van der Waals surface area (Å²) in [6.07, 6.45) is 7.64. The third-order valence-corrected chi connectivity index (χ3v) is 3.89. The molecule has 3 heterocycles. The minimum atomic E-state index is 0.180. The van der Waals surface area contributed by atoms with Gasteiger partial charge >= 0.3 is 0 Å². The van der Waals surface area contributed by atoms with Crippen LogP contribution in [0.4, 0.5) is 0 Å². The van der Waals surface area contributed by atoms with Gasteiger partial charge in [0, 0.05) is 25.8 Å². The van der Waals surface area contributed by atoms with Gasteiger partial charge in [-0.15, -0.1) is 0 Å². The lowest BCUT2D eigenvalue weighted by atomic mass is 10.4. The zero-order valence-corrected chi connectivity index (χ0v) is 12.6. The van der Waals surface area contributed by atoms with E-state index in [1.165, 1.54) is 0 Å². The van der Waals surface area contributed by atoms with Crippen LogP contribution in [-0.4, -0.2) is 44.8 Å². The molecule has 7 heteroatoms. The standard InChI is InChI=1S/C13H16BrN5O/c14-11-9-19-10(6-17-12(19)7-16-11)5-15-8-13(20)18-3-1-2-4-18/h6-7,9,15H,1-5,8H2. The lowest BCUT2D eigenvalue weighted by Crippen LogP contribution is -2.36. The number of hydrogen-bond acceptors (Lipinski definition) is 4. The molecule has 1 aliphatic rings. The molecule has 2 aromatic rings. The number of aromatic nitrogens is 3. The van der Waals surface area contributed by atoms with Gasteiger partial charge in [0.15, 0.2) is 5.65 Å². The van der Waals surface area contributed by atoms with Crippen molar-refractivity contribution >= 4 is 27.5 Å². The Labute approximate surface area is 125 Å². The predicted molar refractivity (Wildman–Crippen MR) is 78.2 cm³/mol. The van der Waals surface area contributed by atoms with Crippen molar-refractivity contribution in [1.29, 1.82) is 0 Å². The molecule has 1 fully saturated rings. The summed E-state index contributed by atoms with van der Waals surface area (Å²) in [6, 6.07) is 0. The van der Waals surface area contributed by atoms with Gasteiger partial charge in [0.2, 0.25) is 5.91 Å². The maximum atomic E-state index is 11.9. The van der Waals surface area contributed by atoms with E-state index < -0.39 is 0 Å². The molecule has 1 aliphatic heterocycles. The van der Waals surface area contributed by atoms with Crippen molar-refractivity contribution < 1.29 is 4.79 Å². The average Bonchev–Trinajstić information content (AvgIpc) is 3.08. The molecule has 0 bridgehead atoms. The van der Waals surface area contributed by atoms with E-state index in [1.807, 2.05) is 15.5 Å². The van der Waals surface area contributed by atoms with Gasteiger partial charge in [-0.2, -0.15) is 0 Å². The number of carbonyl (C=O) groups is 1. The molecule has 0 unspecified atom stereocenters. The van der Waals surface area contributed by atoms with Crippen molar-refractivity contribution in [3.63, 3.8) is 0 Å². The normalized spacial score (nSPS) is 15.2. The van der Waals surface area contributed by atoms with Gasteiger partial charge in [-0.25, -0.2) is 9.97 Å². The number of rotatable bonds is 4. The molecule has 0 saturated carbocycles.